The molecule has 1 aromatic carbocycles. The average molecular weight is 474 g/mol. The molecule has 2 aromatic rings. The van der Waals surface area contributed by atoms with Crippen molar-refractivity contribution in [1.29, 1.82) is 0 Å². The summed E-state index contributed by atoms with van der Waals surface area (Å²) in [5.41, 5.74) is 1.44. The topological polar surface area (TPSA) is 82.6 Å². The minimum Gasteiger partial charge on any atom is -0.337 e. The van der Waals surface area contributed by atoms with Crippen molar-refractivity contribution < 1.29 is 27.6 Å². The molecule has 7 nitrogen and oxygen atoms in total. The number of carbonyl (C=O) groups is 3. The fourth-order valence-electron chi connectivity index (χ4n) is 4.37. The van der Waals surface area contributed by atoms with Crippen molar-refractivity contribution in [3.05, 3.63) is 65.0 Å². The molecule has 0 saturated carbocycles. The Morgan fingerprint density at radius 3 is 2.59 bits per heavy atom. The summed E-state index contributed by atoms with van der Waals surface area (Å²) in [4.78, 5) is 44.2. The molecule has 10 heteroatoms. The van der Waals surface area contributed by atoms with Crippen LogP contribution in [0.5, 0.6) is 0 Å². The number of carbonyl (C=O) groups excluding carboxylic acids is 3. The summed E-state index contributed by atoms with van der Waals surface area (Å²) in [6.45, 7) is 0.910. The molecule has 0 bridgehead atoms. The molecule has 2 aliphatic rings. The summed E-state index contributed by atoms with van der Waals surface area (Å²) in [5, 5.41) is 2.60. The van der Waals surface area contributed by atoms with Crippen molar-refractivity contribution in [2.75, 3.05) is 19.6 Å². The first kappa shape index (κ1) is 23.7. The zero-order chi connectivity index (χ0) is 24.3. The zero-order valence-corrected chi connectivity index (χ0v) is 18.5. The molecule has 0 spiro atoms. The maximum atomic E-state index is 12.9. The molecule has 2 saturated heterocycles. The van der Waals surface area contributed by atoms with E-state index in [2.05, 4.69) is 10.3 Å². The van der Waals surface area contributed by atoms with E-state index in [1.54, 1.807) is 4.90 Å². The predicted molar refractivity (Wildman–Crippen MR) is 117 cm³/mol. The number of aromatic nitrogens is 1. The van der Waals surface area contributed by atoms with Crippen LogP contribution in [0.25, 0.3) is 0 Å². The van der Waals surface area contributed by atoms with Gasteiger partial charge in [-0.25, -0.2) is 4.79 Å². The summed E-state index contributed by atoms with van der Waals surface area (Å²) in [7, 11) is 0. The van der Waals surface area contributed by atoms with Gasteiger partial charge < -0.3 is 10.2 Å². The first-order valence-corrected chi connectivity index (χ1v) is 11.2. The Hall–Kier alpha value is -3.43. The highest BCUT2D eigenvalue weighted by atomic mass is 19.4. The van der Waals surface area contributed by atoms with Gasteiger partial charge in [0.1, 0.15) is 0 Å². The van der Waals surface area contributed by atoms with E-state index in [1.165, 1.54) is 12.1 Å². The Bertz CT molecular complexity index is 1060. The van der Waals surface area contributed by atoms with Crippen molar-refractivity contribution in [3.63, 3.8) is 0 Å². The number of rotatable bonds is 6. The van der Waals surface area contributed by atoms with Crippen LogP contribution in [0.1, 0.15) is 54.2 Å². The van der Waals surface area contributed by atoms with Crippen molar-refractivity contribution in [2.24, 2.45) is 0 Å². The number of imide groups is 1. The number of alkyl halides is 3. The number of pyridine rings is 1. The third-order valence-corrected chi connectivity index (χ3v) is 6.12. The number of urea groups is 1. The van der Waals surface area contributed by atoms with Gasteiger partial charge in [-0.15, -0.1) is 0 Å². The zero-order valence-electron chi connectivity index (χ0n) is 18.5. The number of likely N-dealkylation sites (tertiary alicyclic amines) is 1. The summed E-state index contributed by atoms with van der Waals surface area (Å²) in [5.74, 6) is -0.434. The van der Waals surface area contributed by atoms with Crippen LogP contribution in [0.4, 0.5) is 18.0 Å². The Labute approximate surface area is 194 Å². The van der Waals surface area contributed by atoms with Crippen LogP contribution in [0.2, 0.25) is 0 Å². The van der Waals surface area contributed by atoms with Gasteiger partial charge in [0, 0.05) is 44.6 Å². The van der Waals surface area contributed by atoms with Gasteiger partial charge in [-0.3, -0.25) is 19.5 Å². The summed E-state index contributed by atoms with van der Waals surface area (Å²) >= 11 is 0. The van der Waals surface area contributed by atoms with E-state index in [0.29, 0.717) is 30.8 Å². The largest absolute Gasteiger partial charge is 0.416 e. The van der Waals surface area contributed by atoms with Crippen LogP contribution >= 0.6 is 0 Å². The SMILES string of the molecule is O=C1CCNC(=O)N1CCC(=O)N1CCC[C@H]1c1cccc(Cc2ccc(C(F)(F)F)cc2)n1. The molecular weight excluding hydrogens is 449 g/mol. The first-order valence-electron chi connectivity index (χ1n) is 11.2. The molecule has 2 fully saturated rings. The van der Waals surface area contributed by atoms with Gasteiger partial charge in [0.05, 0.1) is 17.3 Å². The van der Waals surface area contributed by atoms with Crippen LogP contribution in [-0.2, 0) is 22.2 Å². The minimum atomic E-state index is -4.37. The van der Waals surface area contributed by atoms with Gasteiger partial charge in [-0.05, 0) is 42.7 Å². The maximum Gasteiger partial charge on any atom is 0.416 e. The number of hydrogen-bond acceptors (Lipinski definition) is 4. The number of nitrogens with zero attached hydrogens (tertiary/aromatic N) is 3. The lowest BCUT2D eigenvalue weighted by Crippen LogP contribution is -2.50. The second kappa shape index (κ2) is 9.82. The number of nitrogens with one attached hydrogen (secondary N) is 1. The number of benzene rings is 1. The van der Waals surface area contributed by atoms with E-state index in [-0.39, 0.29) is 37.2 Å². The molecule has 1 aromatic heterocycles. The fraction of sp³-hybridized carbons (Fsp3) is 0.417. The molecule has 0 unspecified atom stereocenters. The molecule has 4 rings (SSSR count). The lowest BCUT2D eigenvalue weighted by Gasteiger charge is -2.28. The van der Waals surface area contributed by atoms with Gasteiger partial charge in [-0.2, -0.15) is 13.2 Å². The molecule has 3 heterocycles. The number of amides is 4. The highest BCUT2D eigenvalue weighted by molar-refractivity contribution is 5.97. The predicted octanol–water partition coefficient (Wildman–Crippen LogP) is 3.69. The average Bonchev–Trinajstić information content (AvgIpc) is 3.29. The Kier molecular flexibility index (Phi) is 6.85. The second-order valence-electron chi connectivity index (χ2n) is 8.45. The van der Waals surface area contributed by atoms with Crippen molar-refractivity contribution in [2.45, 2.75) is 44.3 Å². The lowest BCUT2D eigenvalue weighted by atomic mass is 10.1. The fourth-order valence-corrected chi connectivity index (χ4v) is 4.37. The molecule has 1 atom stereocenters. The van der Waals surface area contributed by atoms with Crippen LogP contribution in [0, 0.1) is 0 Å². The van der Waals surface area contributed by atoms with E-state index in [9.17, 15) is 27.6 Å². The molecule has 180 valence electrons. The quantitative estimate of drug-likeness (QED) is 0.693. The second-order valence-corrected chi connectivity index (χ2v) is 8.45. The van der Waals surface area contributed by atoms with Crippen LogP contribution in [0.3, 0.4) is 0 Å². The Morgan fingerprint density at radius 2 is 1.88 bits per heavy atom. The van der Waals surface area contributed by atoms with Crippen molar-refractivity contribution >= 4 is 17.8 Å². The minimum absolute atomic E-state index is 0.0358. The summed E-state index contributed by atoms with van der Waals surface area (Å²) < 4.78 is 38.4. The van der Waals surface area contributed by atoms with Crippen LogP contribution in [0.15, 0.2) is 42.5 Å². The van der Waals surface area contributed by atoms with Gasteiger partial charge in [-0.1, -0.05) is 18.2 Å². The highest BCUT2D eigenvalue weighted by Gasteiger charge is 2.33. The van der Waals surface area contributed by atoms with E-state index in [1.807, 2.05) is 18.2 Å². The molecular formula is C24H25F3N4O3. The summed E-state index contributed by atoms with van der Waals surface area (Å²) in [6.07, 6.45) is -2.18. The lowest BCUT2D eigenvalue weighted by molar-refractivity contribution is -0.137. The molecule has 4 amide bonds. The first-order chi connectivity index (χ1) is 16.2. The standard InChI is InChI=1S/C24H25F3N4O3/c25-24(26,27)17-8-6-16(7-9-17)15-18-3-1-4-19(29-18)20-5-2-13-30(20)22(33)11-14-31-21(32)10-12-28-23(31)34/h1,3-4,6-9,20H,2,5,10-15H2,(H,28,34)/t20-/m0/s1. The molecule has 34 heavy (non-hydrogen) atoms. The normalized spacial score (nSPS) is 18.9. The maximum absolute atomic E-state index is 12.9. The van der Waals surface area contributed by atoms with E-state index in [0.717, 1.165) is 35.6 Å². The molecule has 1 N–H and O–H groups in total. The monoisotopic (exact) mass is 474 g/mol. The smallest absolute Gasteiger partial charge is 0.337 e. The van der Waals surface area contributed by atoms with E-state index in [4.69, 9.17) is 0 Å². The van der Waals surface area contributed by atoms with E-state index >= 15 is 0 Å². The third-order valence-electron chi connectivity index (χ3n) is 6.12. The van der Waals surface area contributed by atoms with Crippen LogP contribution in [-0.4, -0.2) is 52.3 Å². The van der Waals surface area contributed by atoms with E-state index < -0.39 is 17.8 Å². The molecule has 2 aliphatic heterocycles. The highest BCUT2D eigenvalue weighted by Crippen LogP contribution is 2.32. The van der Waals surface area contributed by atoms with Gasteiger partial charge in [0.2, 0.25) is 11.8 Å². The van der Waals surface area contributed by atoms with Gasteiger partial charge >= 0.3 is 12.2 Å². The third kappa shape index (κ3) is 5.37. The molecule has 0 aliphatic carbocycles. The Balaban J connectivity index is 1.41. The van der Waals surface area contributed by atoms with Gasteiger partial charge in [0.15, 0.2) is 0 Å². The molecule has 0 radical (unpaired) electrons. The number of halogens is 3. The Morgan fingerprint density at radius 1 is 1.12 bits per heavy atom. The number of hydrogen-bond donors (Lipinski definition) is 1. The van der Waals surface area contributed by atoms with Gasteiger partial charge in [0.25, 0.3) is 0 Å². The van der Waals surface area contributed by atoms with Crippen molar-refractivity contribution in [1.82, 2.24) is 20.1 Å². The van der Waals surface area contributed by atoms with Crippen molar-refractivity contribution in [3.8, 4) is 0 Å². The van der Waals surface area contributed by atoms with Crippen LogP contribution < -0.4 is 5.32 Å². The summed E-state index contributed by atoms with van der Waals surface area (Å²) in [6, 6.07) is 9.80.